The van der Waals surface area contributed by atoms with Crippen LogP contribution in [-0.4, -0.2) is 9.97 Å². The lowest BCUT2D eigenvalue weighted by Crippen LogP contribution is -2.12. The highest BCUT2D eigenvalue weighted by Crippen LogP contribution is 2.33. The molecule has 0 atom stereocenters. The lowest BCUT2D eigenvalue weighted by atomic mass is 10.1. The second kappa shape index (κ2) is 5.69. The summed E-state index contributed by atoms with van der Waals surface area (Å²) in [6, 6.07) is 5.10. The lowest BCUT2D eigenvalue weighted by molar-refractivity contribution is -0.137. The number of thiocarbonyl (C=S) groups is 1. The Labute approximate surface area is 125 Å². The van der Waals surface area contributed by atoms with Crippen molar-refractivity contribution in [3.63, 3.8) is 0 Å². The van der Waals surface area contributed by atoms with Gasteiger partial charge in [-0.05, 0) is 30.7 Å². The fourth-order valence-electron chi connectivity index (χ4n) is 1.79. The maximum atomic E-state index is 12.8. The standard InChI is InChI=1S/C14H12F3N3S/c1-8-2-3-9(14(15,16)17)6-11(8)20-12-7-19-5-4-10(12)13(18)21/h2-7,20H,1H3,(H2,18,21). The summed E-state index contributed by atoms with van der Waals surface area (Å²) in [5.74, 6) is 0. The number of aryl methyl sites for hydroxylation is 1. The van der Waals surface area contributed by atoms with Crippen molar-refractivity contribution >= 4 is 28.6 Å². The van der Waals surface area contributed by atoms with E-state index in [1.807, 2.05) is 0 Å². The Morgan fingerprint density at radius 3 is 2.57 bits per heavy atom. The molecular formula is C14H12F3N3S. The molecule has 0 radical (unpaired) electrons. The quantitative estimate of drug-likeness (QED) is 0.847. The number of hydrogen-bond donors (Lipinski definition) is 2. The van der Waals surface area contributed by atoms with Gasteiger partial charge in [-0.3, -0.25) is 4.98 Å². The van der Waals surface area contributed by atoms with Crippen LogP contribution in [0.25, 0.3) is 0 Å². The molecule has 0 saturated heterocycles. The third kappa shape index (κ3) is 3.49. The Hall–Kier alpha value is -2.15. The average molecular weight is 311 g/mol. The summed E-state index contributed by atoms with van der Waals surface area (Å²) in [5, 5.41) is 2.90. The van der Waals surface area contributed by atoms with E-state index in [4.69, 9.17) is 18.0 Å². The van der Waals surface area contributed by atoms with Crippen molar-refractivity contribution in [3.05, 3.63) is 53.3 Å². The molecule has 3 N–H and O–H groups in total. The monoisotopic (exact) mass is 311 g/mol. The van der Waals surface area contributed by atoms with Gasteiger partial charge in [0.1, 0.15) is 4.99 Å². The smallest absolute Gasteiger partial charge is 0.389 e. The van der Waals surface area contributed by atoms with Gasteiger partial charge in [0, 0.05) is 17.4 Å². The summed E-state index contributed by atoms with van der Waals surface area (Å²) in [7, 11) is 0. The molecule has 2 aromatic rings. The minimum atomic E-state index is -4.40. The number of nitrogens with one attached hydrogen (secondary N) is 1. The third-order valence-electron chi connectivity index (χ3n) is 2.92. The van der Waals surface area contributed by atoms with Crippen LogP contribution in [0.2, 0.25) is 0 Å². The van der Waals surface area contributed by atoms with Crippen molar-refractivity contribution in [2.45, 2.75) is 13.1 Å². The largest absolute Gasteiger partial charge is 0.416 e. The van der Waals surface area contributed by atoms with Gasteiger partial charge in [-0.15, -0.1) is 0 Å². The van der Waals surface area contributed by atoms with Crippen molar-refractivity contribution < 1.29 is 13.2 Å². The number of aromatic nitrogens is 1. The first-order chi connectivity index (χ1) is 9.79. The van der Waals surface area contributed by atoms with Gasteiger partial charge in [-0.25, -0.2) is 0 Å². The minimum absolute atomic E-state index is 0.143. The van der Waals surface area contributed by atoms with Crippen LogP contribution in [0.5, 0.6) is 0 Å². The number of pyridine rings is 1. The molecule has 1 aromatic heterocycles. The van der Waals surface area contributed by atoms with E-state index in [-0.39, 0.29) is 4.99 Å². The average Bonchev–Trinajstić information content (AvgIpc) is 2.40. The van der Waals surface area contributed by atoms with E-state index in [0.717, 1.165) is 12.1 Å². The molecule has 0 aliphatic heterocycles. The molecule has 0 fully saturated rings. The summed E-state index contributed by atoms with van der Waals surface area (Å²) >= 11 is 4.91. The van der Waals surface area contributed by atoms with Crippen LogP contribution in [0.3, 0.4) is 0 Å². The molecule has 0 amide bonds. The zero-order valence-electron chi connectivity index (χ0n) is 11.0. The molecule has 1 aromatic carbocycles. The molecule has 1 heterocycles. The molecule has 0 aliphatic carbocycles. The third-order valence-corrected chi connectivity index (χ3v) is 3.14. The maximum Gasteiger partial charge on any atom is 0.416 e. The van der Waals surface area contributed by atoms with E-state index >= 15 is 0 Å². The topological polar surface area (TPSA) is 50.9 Å². The number of anilines is 2. The van der Waals surface area contributed by atoms with Gasteiger partial charge in [-0.2, -0.15) is 13.2 Å². The van der Waals surface area contributed by atoms with Gasteiger partial charge in [0.15, 0.2) is 0 Å². The molecule has 0 aliphatic rings. The number of hydrogen-bond acceptors (Lipinski definition) is 3. The SMILES string of the molecule is Cc1ccc(C(F)(F)F)cc1Nc1cnccc1C(N)=S. The Morgan fingerprint density at radius 1 is 1.24 bits per heavy atom. The van der Waals surface area contributed by atoms with Crippen LogP contribution in [-0.2, 0) is 6.18 Å². The molecule has 21 heavy (non-hydrogen) atoms. The number of nitrogens with two attached hydrogens (primary N) is 1. The van der Waals surface area contributed by atoms with Crippen LogP contribution in [0.15, 0.2) is 36.7 Å². The predicted molar refractivity (Wildman–Crippen MR) is 79.6 cm³/mol. The van der Waals surface area contributed by atoms with Gasteiger partial charge in [-0.1, -0.05) is 18.3 Å². The Bertz CT molecular complexity index is 683. The maximum absolute atomic E-state index is 12.8. The number of nitrogens with zero attached hydrogens (tertiary/aromatic N) is 1. The first-order valence-electron chi connectivity index (χ1n) is 5.97. The zero-order chi connectivity index (χ0) is 15.6. The molecule has 7 heteroatoms. The fourth-order valence-corrected chi connectivity index (χ4v) is 1.97. The first kappa shape index (κ1) is 15.2. The number of alkyl halides is 3. The second-order valence-corrected chi connectivity index (χ2v) is 4.88. The van der Waals surface area contributed by atoms with Gasteiger partial charge in [0.25, 0.3) is 0 Å². The summed E-state index contributed by atoms with van der Waals surface area (Å²) in [5.41, 5.74) is 6.85. The van der Waals surface area contributed by atoms with Crippen LogP contribution < -0.4 is 11.1 Å². The van der Waals surface area contributed by atoms with Crippen molar-refractivity contribution in [3.8, 4) is 0 Å². The van der Waals surface area contributed by atoms with E-state index in [1.54, 1.807) is 13.0 Å². The first-order valence-corrected chi connectivity index (χ1v) is 6.38. The van der Waals surface area contributed by atoms with E-state index in [0.29, 0.717) is 22.5 Å². The number of benzene rings is 1. The van der Waals surface area contributed by atoms with Crippen molar-refractivity contribution in [2.24, 2.45) is 5.73 Å². The van der Waals surface area contributed by atoms with Crippen LogP contribution in [0.4, 0.5) is 24.5 Å². The van der Waals surface area contributed by atoms with E-state index < -0.39 is 11.7 Å². The Morgan fingerprint density at radius 2 is 1.95 bits per heavy atom. The van der Waals surface area contributed by atoms with E-state index in [1.165, 1.54) is 18.5 Å². The summed E-state index contributed by atoms with van der Waals surface area (Å²) in [6.45, 7) is 1.71. The zero-order valence-corrected chi connectivity index (χ0v) is 11.8. The molecule has 110 valence electrons. The van der Waals surface area contributed by atoms with Crippen molar-refractivity contribution in [2.75, 3.05) is 5.32 Å². The highest BCUT2D eigenvalue weighted by Gasteiger charge is 2.30. The summed E-state index contributed by atoms with van der Waals surface area (Å²) < 4.78 is 38.3. The molecule has 0 unspecified atom stereocenters. The summed E-state index contributed by atoms with van der Waals surface area (Å²) in [6.07, 6.45) is -1.42. The lowest BCUT2D eigenvalue weighted by Gasteiger charge is -2.15. The highest BCUT2D eigenvalue weighted by atomic mass is 32.1. The summed E-state index contributed by atoms with van der Waals surface area (Å²) in [4.78, 5) is 4.07. The van der Waals surface area contributed by atoms with Crippen LogP contribution in [0, 0.1) is 6.92 Å². The minimum Gasteiger partial charge on any atom is -0.389 e. The Balaban J connectivity index is 2.43. The highest BCUT2D eigenvalue weighted by molar-refractivity contribution is 7.80. The van der Waals surface area contributed by atoms with Gasteiger partial charge >= 0.3 is 6.18 Å². The van der Waals surface area contributed by atoms with Gasteiger partial charge in [0.05, 0.1) is 17.4 Å². The Kier molecular flexibility index (Phi) is 4.13. The van der Waals surface area contributed by atoms with E-state index in [2.05, 4.69) is 10.3 Å². The number of rotatable bonds is 3. The molecule has 3 nitrogen and oxygen atoms in total. The fraction of sp³-hybridized carbons (Fsp3) is 0.143. The predicted octanol–water partition coefficient (Wildman–Crippen LogP) is 3.79. The van der Waals surface area contributed by atoms with E-state index in [9.17, 15) is 13.2 Å². The van der Waals surface area contributed by atoms with Crippen LogP contribution in [0.1, 0.15) is 16.7 Å². The van der Waals surface area contributed by atoms with Gasteiger partial charge < -0.3 is 11.1 Å². The molecule has 0 saturated carbocycles. The van der Waals surface area contributed by atoms with Crippen molar-refractivity contribution in [1.29, 1.82) is 0 Å². The molecule has 0 spiro atoms. The number of halogens is 3. The second-order valence-electron chi connectivity index (χ2n) is 4.44. The van der Waals surface area contributed by atoms with Crippen molar-refractivity contribution in [1.82, 2.24) is 4.98 Å². The van der Waals surface area contributed by atoms with Crippen LogP contribution >= 0.6 is 12.2 Å². The molecular weight excluding hydrogens is 299 g/mol. The normalized spacial score (nSPS) is 11.2. The van der Waals surface area contributed by atoms with Gasteiger partial charge in [0.2, 0.25) is 0 Å². The molecule has 2 rings (SSSR count). The molecule has 0 bridgehead atoms.